The average Bonchev–Trinajstić information content (AvgIpc) is 2.84. The summed E-state index contributed by atoms with van der Waals surface area (Å²) in [6.07, 6.45) is 1.69. The van der Waals surface area contributed by atoms with Gasteiger partial charge in [-0.1, -0.05) is 12.1 Å². The Morgan fingerprint density at radius 3 is 2.81 bits per heavy atom. The maximum Gasteiger partial charge on any atom is 0.197 e. The summed E-state index contributed by atoms with van der Waals surface area (Å²) in [5, 5.41) is 0. The standard InChI is InChI=1S/C11H11N5/c1-16-9-5-3-2-4-7(9)14-10(16)8-6-13-11(12)15-8/h2-6H,1H3,(H3,12,13,15). The van der Waals surface area contributed by atoms with Crippen LogP contribution in [0.2, 0.25) is 0 Å². The first-order valence-electron chi connectivity index (χ1n) is 4.98. The quantitative estimate of drug-likeness (QED) is 0.644. The number of para-hydroxylation sites is 2. The number of hydrogen-bond donors (Lipinski definition) is 2. The van der Waals surface area contributed by atoms with Crippen molar-refractivity contribution in [3.05, 3.63) is 30.5 Å². The predicted octanol–water partition coefficient (Wildman–Crippen LogP) is 1.55. The molecule has 0 aliphatic carbocycles. The number of nitrogen functional groups attached to an aromatic ring is 1. The lowest BCUT2D eigenvalue weighted by molar-refractivity contribution is 0.953. The smallest absolute Gasteiger partial charge is 0.197 e. The number of fused-ring (bicyclic) bond motifs is 1. The van der Waals surface area contributed by atoms with Crippen LogP contribution in [-0.4, -0.2) is 19.5 Å². The summed E-state index contributed by atoms with van der Waals surface area (Å²) in [6, 6.07) is 7.99. The second-order valence-corrected chi connectivity index (χ2v) is 3.67. The molecule has 16 heavy (non-hydrogen) atoms. The van der Waals surface area contributed by atoms with Crippen molar-refractivity contribution < 1.29 is 0 Å². The summed E-state index contributed by atoms with van der Waals surface area (Å²) in [7, 11) is 1.97. The van der Waals surface area contributed by atoms with Crippen molar-refractivity contribution in [2.75, 3.05) is 5.73 Å². The monoisotopic (exact) mass is 213 g/mol. The van der Waals surface area contributed by atoms with Gasteiger partial charge in [0.15, 0.2) is 11.8 Å². The molecule has 0 amide bonds. The fourth-order valence-electron chi connectivity index (χ4n) is 1.84. The lowest BCUT2D eigenvalue weighted by atomic mass is 10.3. The molecule has 0 aliphatic heterocycles. The number of aromatic nitrogens is 4. The highest BCUT2D eigenvalue weighted by molar-refractivity contribution is 5.79. The van der Waals surface area contributed by atoms with Crippen molar-refractivity contribution in [2.24, 2.45) is 7.05 Å². The Balaban J connectivity index is 2.28. The molecule has 2 aromatic heterocycles. The highest BCUT2D eigenvalue weighted by atomic mass is 15.1. The van der Waals surface area contributed by atoms with Gasteiger partial charge in [0.1, 0.15) is 5.69 Å². The molecule has 0 spiro atoms. The van der Waals surface area contributed by atoms with Crippen molar-refractivity contribution in [3.8, 4) is 11.5 Å². The molecule has 0 saturated heterocycles. The van der Waals surface area contributed by atoms with Gasteiger partial charge < -0.3 is 15.3 Å². The number of aromatic amines is 1. The number of anilines is 1. The Morgan fingerprint density at radius 1 is 1.31 bits per heavy atom. The van der Waals surface area contributed by atoms with Gasteiger partial charge in [0.2, 0.25) is 0 Å². The third-order valence-corrected chi connectivity index (χ3v) is 2.62. The molecule has 3 rings (SSSR count). The lowest BCUT2D eigenvalue weighted by Gasteiger charge is -1.98. The van der Waals surface area contributed by atoms with Crippen molar-refractivity contribution in [1.29, 1.82) is 0 Å². The van der Waals surface area contributed by atoms with E-state index in [0.29, 0.717) is 5.95 Å². The van der Waals surface area contributed by atoms with Crippen LogP contribution in [0.1, 0.15) is 0 Å². The van der Waals surface area contributed by atoms with Gasteiger partial charge in [0.05, 0.1) is 17.2 Å². The van der Waals surface area contributed by atoms with Crippen LogP contribution in [0, 0.1) is 0 Å². The minimum atomic E-state index is 0.405. The van der Waals surface area contributed by atoms with E-state index in [1.165, 1.54) is 0 Å². The van der Waals surface area contributed by atoms with E-state index in [2.05, 4.69) is 15.0 Å². The third-order valence-electron chi connectivity index (χ3n) is 2.62. The van der Waals surface area contributed by atoms with E-state index in [0.717, 1.165) is 22.6 Å². The second kappa shape index (κ2) is 3.10. The Labute approximate surface area is 91.9 Å². The fraction of sp³-hybridized carbons (Fsp3) is 0.0909. The van der Waals surface area contributed by atoms with Crippen molar-refractivity contribution in [2.45, 2.75) is 0 Å². The highest BCUT2D eigenvalue weighted by Crippen LogP contribution is 2.22. The Kier molecular flexibility index (Phi) is 1.73. The summed E-state index contributed by atoms with van der Waals surface area (Å²) in [4.78, 5) is 11.5. The number of imidazole rings is 2. The molecule has 0 aliphatic rings. The first-order chi connectivity index (χ1) is 7.75. The SMILES string of the molecule is Cn1c(-c2cnc(N)[nH]2)nc2ccccc21. The van der Waals surface area contributed by atoms with Gasteiger partial charge in [0.25, 0.3) is 0 Å². The van der Waals surface area contributed by atoms with E-state index < -0.39 is 0 Å². The summed E-state index contributed by atoms with van der Waals surface area (Å²) < 4.78 is 2.02. The summed E-state index contributed by atoms with van der Waals surface area (Å²) in [5.74, 6) is 1.24. The molecule has 80 valence electrons. The fourth-order valence-corrected chi connectivity index (χ4v) is 1.84. The number of benzene rings is 1. The second-order valence-electron chi connectivity index (χ2n) is 3.67. The van der Waals surface area contributed by atoms with Gasteiger partial charge in [0, 0.05) is 7.05 Å². The van der Waals surface area contributed by atoms with Gasteiger partial charge in [-0.2, -0.15) is 0 Å². The zero-order valence-corrected chi connectivity index (χ0v) is 8.81. The van der Waals surface area contributed by atoms with Gasteiger partial charge >= 0.3 is 0 Å². The van der Waals surface area contributed by atoms with E-state index in [1.807, 2.05) is 35.9 Å². The first-order valence-corrected chi connectivity index (χ1v) is 4.98. The maximum absolute atomic E-state index is 5.56. The van der Waals surface area contributed by atoms with Crippen LogP contribution in [0.15, 0.2) is 30.5 Å². The molecule has 0 atom stereocenters. The number of nitrogens with two attached hydrogens (primary N) is 1. The molecule has 5 nitrogen and oxygen atoms in total. The van der Waals surface area contributed by atoms with E-state index in [-0.39, 0.29) is 0 Å². The van der Waals surface area contributed by atoms with Gasteiger partial charge in [-0.05, 0) is 12.1 Å². The normalized spacial score (nSPS) is 11.1. The molecule has 1 aromatic carbocycles. The van der Waals surface area contributed by atoms with Gasteiger partial charge in [-0.25, -0.2) is 9.97 Å². The number of aryl methyl sites for hydroxylation is 1. The minimum absolute atomic E-state index is 0.405. The van der Waals surface area contributed by atoms with Crippen molar-refractivity contribution >= 4 is 17.0 Å². The molecule has 3 aromatic rings. The molecule has 0 saturated carbocycles. The summed E-state index contributed by atoms with van der Waals surface area (Å²) in [5.41, 5.74) is 8.44. The molecule has 0 unspecified atom stereocenters. The number of nitrogens with zero attached hydrogens (tertiary/aromatic N) is 3. The van der Waals surface area contributed by atoms with E-state index >= 15 is 0 Å². The molecule has 0 bridgehead atoms. The van der Waals surface area contributed by atoms with Gasteiger partial charge in [-0.15, -0.1) is 0 Å². The highest BCUT2D eigenvalue weighted by Gasteiger charge is 2.10. The molecule has 5 heteroatoms. The maximum atomic E-state index is 5.56. The minimum Gasteiger partial charge on any atom is -0.369 e. The molecule has 0 fully saturated rings. The lowest BCUT2D eigenvalue weighted by Crippen LogP contribution is -1.93. The zero-order valence-electron chi connectivity index (χ0n) is 8.81. The third kappa shape index (κ3) is 1.18. The molecule has 0 radical (unpaired) electrons. The van der Waals surface area contributed by atoms with Crippen LogP contribution >= 0.6 is 0 Å². The number of rotatable bonds is 1. The number of nitrogens with one attached hydrogen (secondary N) is 1. The Hall–Kier alpha value is -2.30. The van der Waals surface area contributed by atoms with Crippen LogP contribution in [0.25, 0.3) is 22.6 Å². The summed E-state index contributed by atoms with van der Waals surface area (Å²) >= 11 is 0. The molecule has 2 heterocycles. The molecular formula is C11H11N5. The number of H-pyrrole nitrogens is 1. The zero-order chi connectivity index (χ0) is 11.1. The van der Waals surface area contributed by atoms with Crippen molar-refractivity contribution in [1.82, 2.24) is 19.5 Å². The summed E-state index contributed by atoms with van der Waals surface area (Å²) in [6.45, 7) is 0. The predicted molar refractivity (Wildman–Crippen MR) is 62.7 cm³/mol. The van der Waals surface area contributed by atoms with Crippen LogP contribution in [0.5, 0.6) is 0 Å². The first kappa shape index (κ1) is 8.96. The topological polar surface area (TPSA) is 72.5 Å². The van der Waals surface area contributed by atoms with E-state index in [4.69, 9.17) is 5.73 Å². The van der Waals surface area contributed by atoms with Crippen LogP contribution in [0.3, 0.4) is 0 Å². The van der Waals surface area contributed by atoms with Crippen LogP contribution in [0.4, 0.5) is 5.95 Å². The Bertz CT molecular complexity index is 649. The Morgan fingerprint density at radius 2 is 2.12 bits per heavy atom. The average molecular weight is 213 g/mol. The van der Waals surface area contributed by atoms with E-state index in [1.54, 1.807) is 6.20 Å². The van der Waals surface area contributed by atoms with Crippen LogP contribution < -0.4 is 5.73 Å². The van der Waals surface area contributed by atoms with E-state index in [9.17, 15) is 0 Å². The molecular weight excluding hydrogens is 202 g/mol. The van der Waals surface area contributed by atoms with Crippen LogP contribution in [-0.2, 0) is 7.05 Å². The largest absolute Gasteiger partial charge is 0.369 e. The number of hydrogen-bond acceptors (Lipinski definition) is 3. The molecule has 3 N–H and O–H groups in total. The van der Waals surface area contributed by atoms with Crippen molar-refractivity contribution in [3.63, 3.8) is 0 Å². The van der Waals surface area contributed by atoms with Gasteiger partial charge in [-0.3, -0.25) is 0 Å².